The third kappa shape index (κ3) is 3.11. The molecule has 0 saturated carbocycles. The molecule has 1 aliphatic rings. The number of likely N-dealkylation sites (N-methyl/N-ethyl adjacent to an activating group) is 1. The van der Waals surface area contributed by atoms with Gasteiger partial charge in [-0.05, 0) is 37.7 Å². The summed E-state index contributed by atoms with van der Waals surface area (Å²) in [5.41, 5.74) is 1.18. The van der Waals surface area contributed by atoms with Crippen molar-refractivity contribution in [1.82, 2.24) is 10.2 Å². The fourth-order valence-corrected chi connectivity index (χ4v) is 2.33. The van der Waals surface area contributed by atoms with Gasteiger partial charge in [0.25, 0.3) is 0 Å². The number of halogens is 2. The fourth-order valence-electron chi connectivity index (χ4n) is 2.01. The molecule has 2 nitrogen and oxygen atoms in total. The quantitative estimate of drug-likeness (QED) is 0.897. The van der Waals surface area contributed by atoms with Gasteiger partial charge in [0, 0.05) is 19.1 Å². The van der Waals surface area contributed by atoms with Gasteiger partial charge in [-0.25, -0.2) is 0 Å². The Morgan fingerprint density at radius 3 is 2.81 bits per heavy atom. The summed E-state index contributed by atoms with van der Waals surface area (Å²) in [5, 5.41) is 4.78. The summed E-state index contributed by atoms with van der Waals surface area (Å²) in [5.74, 6) is 0. The molecule has 88 valence electrons. The first-order valence-electron chi connectivity index (χ1n) is 5.51. The third-order valence-corrected chi connectivity index (χ3v) is 3.71. The molecule has 2 rings (SSSR count). The van der Waals surface area contributed by atoms with E-state index in [-0.39, 0.29) is 0 Å². The van der Waals surface area contributed by atoms with Crippen molar-refractivity contribution in [1.29, 1.82) is 0 Å². The molecule has 0 radical (unpaired) electrons. The number of rotatable bonds is 3. The molecule has 1 fully saturated rings. The summed E-state index contributed by atoms with van der Waals surface area (Å²) in [6, 6.07) is 6.39. The normalized spacial score (nSPS) is 21.6. The molecule has 0 aliphatic carbocycles. The Balaban J connectivity index is 1.87. The Morgan fingerprint density at radius 2 is 2.19 bits per heavy atom. The third-order valence-electron chi connectivity index (χ3n) is 2.97. The zero-order valence-electron chi connectivity index (χ0n) is 9.34. The summed E-state index contributed by atoms with van der Waals surface area (Å²) in [6.45, 7) is 3.16. The number of nitrogens with one attached hydrogen (secondary N) is 1. The van der Waals surface area contributed by atoms with Crippen LogP contribution in [0.2, 0.25) is 10.0 Å². The molecule has 1 aromatic carbocycles. The van der Waals surface area contributed by atoms with Gasteiger partial charge >= 0.3 is 0 Å². The van der Waals surface area contributed by atoms with E-state index < -0.39 is 0 Å². The van der Waals surface area contributed by atoms with Crippen LogP contribution in [0.4, 0.5) is 0 Å². The molecular weight excluding hydrogens is 243 g/mol. The summed E-state index contributed by atoms with van der Waals surface area (Å²) < 4.78 is 0. The molecule has 0 aromatic heterocycles. The highest BCUT2D eigenvalue weighted by Gasteiger charge is 2.18. The van der Waals surface area contributed by atoms with Crippen LogP contribution < -0.4 is 5.32 Å². The predicted octanol–water partition coefficient (Wildman–Crippen LogP) is 2.79. The zero-order valence-corrected chi connectivity index (χ0v) is 10.9. The van der Waals surface area contributed by atoms with E-state index in [2.05, 4.69) is 17.3 Å². The van der Waals surface area contributed by atoms with Gasteiger partial charge in [-0.15, -0.1) is 0 Å². The van der Waals surface area contributed by atoms with E-state index in [1.165, 1.54) is 18.5 Å². The van der Waals surface area contributed by atoms with Crippen molar-refractivity contribution in [2.45, 2.75) is 19.0 Å². The first-order valence-corrected chi connectivity index (χ1v) is 6.26. The Kier molecular flexibility index (Phi) is 4.09. The second kappa shape index (κ2) is 5.37. The van der Waals surface area contributed by atoms with Crippen LogP contribution in [0.15, 0.2) is 18.2 Å². The largest absolute Gasteiger partial charge is 0.309 e. The molecule has 1 aliphatic heterocycles. The second-order valence-electron chi connectivity index (χ2n) is 4.38. The van der Waals surface area contributed by atoms with Crippen molar-refractivity contribution in [3.8, 4) is 0 Å². The minimum Gasteiger partial charge on any atom is -0.309 e. The molecule has 0 bridgehead atoms. The molecule has 1 unspecified atom stereocenters. The highest BCUT2D eigenvalue weighted by molar-refractivity contribution is 6.42. The van der Waals surface area contributed by atoms with Gasteiger partial charge in [0.2, 0.25) is 0 Å². The van der Waals surface area contributed by atoms with E-state index in [0.29, 0.717) is 16.1 Å². The van der Waals surface area contributed by atoms with Crippen molar-refractivity contribution in [2.24, 2.45) is 0 Å². The van der Waals surface area contributed by atoms with Crippen LogP contribution in [0.5, 0.6) is 0 Å². The summed E-state index contributed by atoms with van der Waals surface area (Å²) >= 11 is 11.8. The molecule has 16 heavy (non-hydrogen) atoms. The fraction of sp³-hybridized carbons (Fsp3) is 0.500. The lowest BCUT2D eigenvalue weighted by molar-refractivity contribution is 0.397. The van der Waals surface area contributed by atoms with Crippen molar-refractivity contribution >= 4 is 23.2 Å². The number of hydrogen-bond donors (Lipinski definition) is 1. The number of hydrogen-bond acceptors (Lipinski definition) is 2. The van der Waals surface area contributed by atoms with Gasteiger partial charge < -0.3 is 10.2 Å². The topological polar surface area (TPSA) is 15.3 Å². The molecule has 0 amide bonds. The average molecular weight is 259 g/mol. The molecule has 1 atom stereocenters. The summed E-state index contributed by atoms with van der Waals surface area (Å²) in [7, 11) is 2.15. The molecule has 1 saturated heterocycles. The molecule has 0 spiro atoms. The molecule has 1 aromatic rings. The Morgan fingerprint density at radius 1 is 1.38 bits per heavy atom. The van der Waals surface area contributed by atoms with Crippen molar-refractivity contribution < 1.29 is 0 Å². The lowest BCUT2D eigenvalue weighted by atomic mass is 10.2. The van der Waals surface area contributed by atoms with Crippen molar-refractivity contribution in [3.05, 3.63) is 33.8 Å². The lowest BCUT2D eigenvalue weighted by Gasteiger charge is -2.13. The predicted molar refractivity (Wildman–Crippen MR) is 69.2 cm³/mol. The first-order chi connectivity index (χ1) is 7.65. The second-order valence-corrected chi connectivity index (χ2v) is 5.19. The minimum atomic E-state index is 0.597. The SMILES string of the molecule is CN1CCC(NCc2ccc(Cl)c(Cl)c2)C1. The van der Waals surface area contributed by atoms with Gasteiger partial charge in [-0.1, -0.05) is 29.3 Å². The van der Waals surface area contributed by atoms with Gasteiger partial charge in [0.1, 0.15) is 0 Å². The van der Waals surface area contributed by atoms with Crippen molar-refractivity contribution in [3.63, 3.8) is 0 Å². The first kappa shape index (κ1) is 12.2. The monoisotopic (exact) mass is 258 g/mol. The van der Waals surface area contributed by atoms with Gasteiger partial charge in [0.05, 0.1) is 10.0 Å². The standard InChI is InChI=1S/C12H16Cl2N2/c1-16-5-4-10(8-16)15-7-9-2-3-11(13)12(14)6-9/h2-3,6,10,15H,4-5,7-8H2,1H3. The van der Waals surface area contributed by atoms with Gasteiger partial charge in [-0.3, -0.25) is 0 Å². The minimum absolute atomic E-state index is 0.597. The van der Waals surface area contributed by atoms with Crippen LogP contribution in [0.1, 0.15) is 12.0 Å². The molecule has 1 heterocycles. The van der Waals surface area contributed by atoms with E-state index in [9.17, 15) is 0 Å². The smallest absolute Gasteiger partial charge is 0.0595 e. The van der Waals surface area contributed by atoms with E-state index in [4.69, 9.17) is 23.2 Å². The van der Waals surface area contributed by atoms with E-state index >= 15 is 0 Å². The van der Waals surface area contributed by atoms with Crippen molar-refractivity contribution in [2.75, 3.05) is 20.1 Å². The summed E-state index contributed by atoms with van der Waals surface area (Å²) in [6.07, 6.45) is 1.22. The maximum atomic E-state index is 5.96. The van der Waals surface area contributed by atoms with Crippen LogP contribution in [-0.2, 0) is 6.54 Å². The number of benzene rings is 1. The maximum absolute atomic E-state index is 5.96. The zero-order chi connectivity index (χ0) is 11.5. The Hall–Kier alpha value is -0.280. The van der Waals surface area contributed by atoms with E-state index in [0.717, 1.165) is 13.1 Å². The Bertz CT molecular complexity index is 368. The lowest BCUT2D eigenvalue weighted by Crippen LogP contribution is -2.30. The molecule has 1 N–H and O–H groups in total. The molecular formula is C12H16Cl2N2. The Labute approximate surface area is 107 Å². The number of likely N-dealkylation sites (tertiary alicyclic amines) is 1. The van der Waals surface area contributed by atoms with Crippen LogP contribution in [-0.4, -0.2) is 31.1 Å². The van der Waals surface area contributed by atoms with Crippen LogP contribution in [0, 0.1) is 0 Å². The van der Waals surface area contributed by atoms with Gasteiger partial charge in [-0.2, -0.15) is 0 Å². The highest BCUT2D eigenvalue weighted by atomic mass is 35.5. The maximum Gasteiger partial charge on any atom is 0.0595 e. The van der Waals surface area contributed by atoms with Crippen LogP contribution in [0.25, 0.3) is 0 Å². The molecule has 4 heteroatoms. The summed E-state index contributed by atoms with van der Waals surface area (Å²) in [4.78, 5) is 2.34. The van der Waals surface area contributed by atoms with Crippen LogP contribution >= 0.6 is 23.2 Å². The average Bonchev–Trinajstić information content (AvgIpc) is 2.66. The van der Waals surface area contributed by atoms with Crippen LogP contribution in [0.3, 0.4) is 0 Å². The van der Waals surface area contributed by atoms with E-state index in [1.807, 2.05) is 18.2 Å². The van der Waals surface area contributed by atoms with Gasteiger partial charge in [0.15, 0.2) is 0 Å². The number of nitrogens with zero attached hydrogens (tertiary/aromatic N) is 1. The van der Waals surface area contributed by atoms with E-state index in [1.54, 1.807) is 0 Å². The highest BCUT2D eigenvalue weighted by Crippen LogP contribution is 2.22.